The topological polar surface area (TPSA) is 23.6 Å². The summed E-state index contributed by atoms with van der Waals surface area (Å²) in [5, 5.41) is 0. The Bertz CT molecular complexity index is 246. The van der Waals surface area contributed by atoms with E-state index in [1.165, 1.54) is 19.5 Å². The van der Waals surface area contributed by atoms with Crippen molar-refractivity contribution in [2.75, 3.05) is 26.2 Å². The third-order valence-corrected chi connectivity index (χ3v) is 4.30. The molecule has 0 aromatic heterocycles. The molecule has 3 heteroatoms. The molecule has 0 amide bonds. The van der Waals surface area contributed by atoms with Gasteiger partial charge in [-0.2, -0.15) is 0 Å². The van der Waals surface area contributed by atoms with Crippen molar-refractivity contribution in [2.45, 2.75) is 51.6 Å². The lowest BCUT2D eigenvalue weighted by molar-refractivity contribution is -0.117. The quantitative estimate of drug-likeness (QED) is 0.726. The summed E-state index contributed by atoms with van der Waals surface area (Å²) in [4.78, 5) is 16.4. The van der Waals surface area contributed by atoms with Crippen LogP contribution in [0.5, 0.6) is 0 Å². The molecule has 2 rings (SSSR count). The van der Waals surface area contributed by atoms with E-state index in [0.717, 1.165) is 32.4 Å². The van der Waals surface area contributed by atoms with E-state index in [-0.39, 0.29) is 0 Å². The molecule has 0 radical (unpaired) electrons. The maximum atomic E-state index is 11.3. The fourth-order valence-electron chi connectivity index (χ4n) is 2.91. The molecule has 2 fully saturated rings. The van der Waals surface area contributed by atoms with Gasteiger partial charge >= 0.3 is 0 Å². The third-order valence-electron chi connectivity index (χ3n) is 4.30. The Kier molecular flexibility index (Phi) is 3.98. The van der Waals surface area contributed by atoms with Crippen molar-refractivity contribution in [1.82, 2.24) is 9.80 Å². The third kappa shape index (κ3) is 2.64. The summed E-state index contributed by atoms with van der Waals surface area (Å²) >= 11 is 0. The fraction of sp³-hybridized carbons (Fsp3) is 0.923. The average molecular weight is 224 g/mol. The number of carbonyl (C=O) groups excluding carboxylic acids is 1. The Balaban J connectivity index is 1.79. The van der Waals surface area contributed by atoms with Gasteiger partial charge in [-0.05, 0) is 19.8 Å². The van der Waals surface area contributed by atoms with Crippen molar-refractivity contribution in [3.8, 4) is 0 Å². The van der Waals surface area contributed by atoms with E-state index in [2.05, 4.69) is 23.6 Å². The van der Waals surface area contributed by atoms with Gasteiger partial charge in [-0.25, -0.2) is 0 Å². The lowest BCUT2D eigenvalue weighted by Crippen LogP contribution is -2.52. The van der Waals surface area contributed by atoms with Crippen LogP contribution in [0.15, 0.2) is 0 Å². The molecular weight excluding hydrogens is 200 g/mol. The normalized spacial score (nSPS) is 30.9. The monoisotopic (exact) mass is 224 g/mol. The van der Waals surface area contributed by atoms with Gasteiger partial charge in [-0.1, -0.05) is 6.92 Å². The molecule has 1 heterocycles. The second kappa shape index (κ2) is 5.28. The van der Waals surface area contributed by atoms with Crippen LogP contribution in [0.25, 0.3) is 0 Å². The molecule has 0 spiro atoms. The van der Waals surface area contributed by atoms with Crippen molar-refractivity contribution in [1.29, 1.82) is 0 Å². The minimum absolute atomic E-state index is 0.467. The van der Waals surface area contributed by atoms with Gasteiger partial charge in [0.05, 0.1) is 0 Å². The summed E-state index contributed by atoms with van der Waals surface area (Å²) in [7, 11) is 0. The van der Waals surface area contributed by atoms with Gasteiger partial charge < -0.3 is 0 Å². The highest BCUT2D eigenvalue weighted by Crippen LogP contribution is 2.22. The Morgan fingerprint density at radius 1 is 1.31 bits per heavy atom. The number of ketones is 1. The molecule has 2 atom stereocenters. The van der Waals surface area contributed by atoms with Gasteiger partial charge in [0.15, 0.2) is 0 Å². The van der Waals surface area contributed by atoms with Crippen molar-refractivity contribution in [3.05, 3.63) is 0 Å². The molecule has 0 aromatic rings. The van der Waals surface area contributed by atoms with E-state index in [1.807, 2.05) is 0 Å². The Labute approximate surface area is 98.8 Å². The molecule has 1 aliphatic heterocycles. The molecule has 0 bridgehead atoms. The molecule has 0 aromatic carbocycles. The highest BCUT2D eigenvalue weighted by molar-refractivity contribution is 5.81. The molecular formula is C13H24N2O. The maximum absolute atomic E-state index is 11.3. The van der Waals surface area contributed by atoms with Crippen LogP contribution in [-0.4, -0.2) is 53.8 Å². The van der Waals surface area contributed by atoms with Crippen molar-refractivity contribution in [3.63, 3.8) is 0 Å². The van der Waals surface area contributed by atoms with Crippen molar-refractivity contribution >= 4 is 5.78 Å². The minimum Gasteiger partial charge on any atom is -0.300 e. The largest absolute Gasteiger partial charge is 0.300 e. The zero-order chi connectivity index (χ0) is 11.5. The van der Waals surface area contributed by atoms with E-state index in [0.29, 0.717) is 17.9 Å². The molecule has 16 heavy (non-hydrogen) atoms. The summed E-state index contributed by atoms with van der Waals surface area (Å²) in [6, 6.07) is 1.28. The van der Waals surface area contributed by atoms with Gasteiger partial charge in [-0.3, -0.25) is 14.6 Å². The molecule has 0 N–H and O–H groups in total. The molecule has 2 aliphatic rings. The highest BCUT2D eigenvalue weighted by Gasteiger charge is 2.30. The van der Waals surface area contributed by atoms with Crippen LogP contribution in [0.1, 0.15) is 39.5 Å². The maximum Gasteiger partial charge on any atom is 0.134 e. The second-order valence-electron chi connectivity index (χ2n) is 5.26. The number of nitrogens with zero attached hydrogens (tertiary/aromatic N) is 2. The second-order valence-corrected chi connectivity index (χ2v) is 5.26. The van der Waals surface area contributed by atoms with Gasteiger partial charge in [-0.15, -0.1) is 0 Å². The predicted molar refractivity (Wildman–Crippen MR) is 65.5 cm³/mol. The van der Waals surface area contributed by atoms with Crippen LogP contribution in [0, 0.1) is 0 Å². The molecule has 1 saturated carbocycles. The zero-order valence-corrected chi connectivity index (χ0v) is 10.6. The van der Waals surface area contributed by atoms with E-state index in [1.54, 1.807) is 0 Å². The van der Waals surface area contributed by atoms with Crippen LogP contribution in [0.2, 0.25) is 0 Å². The van der Waals surface area contributed by atoms with Crippen molar-refractivity contribution < 1.29 is 4.79 Å². The van der Waals surface area contributed by atoms with Gasteiger partial charge in [0.1, 0.15) is 5.78 Å². The van der Waals surface area contributed by atoms with E-state index < -0.39 is 0 Å². The minimum atomic E-state index is 0.467. The lowest BCUT2D eigenvalue weighted by atomic mass is 10.1. The average Bonchev–Trinajstić information content (AvgIpc) is 2.75. The van der Waals surface area contributed by atoms with Gasteiger partial charge in [0.2, 0.25) is 0 Å². The van der Waals surface area contributed by atoms with Gasteiger partial charge in [0.25, 0.3) is 0 Å². The van der Waals surface area contributed by atoms with E-state index in [9.17, 15) is 4.79 Å². The van der Waals surface area contributed by atoms with Crippen LogP contribution in [0.4, 0.5) is 0 Å². The van der Waals surface area contributed by atoms with Crippen LogP contribution in [0.3, 0.4) is 0 Å². The number of hydrogen-bond acceptors (Lipinski definition) is 3. The molecule has 3 nitrogen and oxygen atoms in total. The Morgan fingerprint density at radius 2 is 2.00 bits per heavy atom. The smallest absolute Gasteiger partial charge is 0.134 e. The number of hydrogen-bond donors (Lipinski definition) is 0. The summed E-state index contributed by atoms with van der Waals surface area (Å²) < 4.78 is 0. The SMILES string of the molecule is CCC(C)N1CCN(C2CCC(=O)C2)CC1. The fourth-order valence-corrected chi connectivity index (χ4v) is 2.91. The van der Waals surface area contributed by atoms with E-state index >= 15 is 0 Å². The number of Topliss-reactive ketones (excluding diaryl/α,β-unsaturated/α-hetero) is 1. The molecule has 92 valence electrons. The molecule has 2 unspecified atom stereocenters. The van der Waals surface area contributed by atoms with E-state index in [4.69, 9.17) is 0 Å². The van der Waals surface area contributed by atoms with Crippen LogP contribution >= 0.6 is 0 Å². The molecule has 1 saturated heterocycles. The standard InChI is InChI=1S/C13H24N2O/c1-3-11(2)14-6-8-15(9-7-14)12-4-5-13(16)10-12/h11-12H,3-10H2,1-2H3. The van der Waals surface area contributed by atoms with Crippen LogP contribution in [-0.2, 0) is 4.79 Å². The first kappa shape index (κ1) is 12.1. The summed E-state index contributed by atoms with van der Waals surface area (Å²) in [6.45, 7) is 9.24. The first-order chi connectivity index (χ1) is 7.70. The van der Waals surface area contributed by atoms with Crippen LogP contribution < -0.4 is 0 Å². The number of carbonyl (C=O) groups is 1. The Hall–Kier alpha value is -0.410. The summed E-state index contributed by atoms with van der Waals surface area (Å²) in [6.07, 6.45) is 3.96. The predicted octanol–water partition coefficient (Wildman–Crippen LogP) is 1.52. The Morgan fingerprint density at radius 3 is 2.50 bits per heavy atom. The highest BCUT2D eigenvalue weighted by atomic mass is 16.1. The zero-order valence-electron chi connectivity index (χ0n) is 10.6. The lowest BCUT2D eigenvalue weighted by Gasteiger charge is -2.40. The number of rotatable bonds is 3. The first-order valence-corrected chi connectivity index (χ1v) is 6.70. The van der Waals surface area contributed by atoms with Crippen molar-refractivity contribution in [2.24, 2.45) is 0 Å². The first-order valence-electron chi connectivity index (χ1n) is 6.70. The number of piperazine rings is 1. The summed E-state index contributed by atoms with van der Waals surface area (Å²) in [5.74, 6) is 0.467. The van der Waals surface area contributed by atoms with Gasteiger partial charge in [0, 0.05) is 51.1 Å². The molecule has 1 aliphatic carbocycles. The summed E-state index contributed by atoms with van der Waals surface area (Å²) in [5.41, 5.74) is 0.